The zero-order valence-corrected chi connectivity index (χ0v) is 13.1. The predicted octanol–water partition coefficient (Wildman–Crippen LogP) is 4.54. The lowest BCUT2D eigenvalue weighted by atomic mass is 10.2. The van der Waals surface area contributed by atoms with Crippen LogP contribution in [0.4, 0.5) is 23.3 Å². The molecule has 6 nitrogen and oxygen atoms in total. The summed E-state index contributed by atoms with van der Waals surface area (Å²) in [6.07, 6.45) is -4.46. The zero-order chi connectivity index (χ0) is 17.5. The third kappa shape index (κ3) is 3.21. The van der Waals surface area contributed by atoms with E-state index < -0.39 is 22.6 Å². The van der Waals surface area contributed by atoms with Crippen LogP contribution in [0.5, 0.6) is 0 Å². The Balaban J connectivity index is 1.84. The van der Waals surface area contributed by atoms with E-state index >= 15 is 0 Å². The van der Waals surface area contributed by atoms with Gasteiger partial charge < -0.3 is 0 Å². The number of thiophene rings is 1. The van der Waals surface area contributed by atoms with Crippen molar-refractivity contribution in [3.8, 4) is 0 Å². The number of amides is 1. The molecule has 3 rings (SSSR count). The summed E-state index contributed by atoms with van der Waals surface area (Å²) in [4.78, 5) is 26.2. The van der Waals surface area contributed by atoms with Crippen LogP contribution in [0.2, 0.25) is 0 Å². The topological polar surface area (TPSA) is 85.1 Å². The molecule has 0 spiro atoms. The molecule has 0 bridgehead atoms. The molecular weight excluding hydrogens is 367 g/mol. The molecule has 1 aromatic carbocycles. The van der Waals surface area contributed by atoms with E-state index in [1.54, 1.807) is 0 Å². The molecule has 3 aromatic rings. The number of carbonyl (C=O) groups excluding carboxylic acids is 1. The third-order valence-corrected chi connectivity index (χ3v) is 4.90. The normalized spacial score (nSPS) is 11.6. The number of anilines is 1. The molecule has 2 heterocycles. The summed E-state index contributed by atoms with van der Waals surface area (Å²) >= 11 is 1.59. The van der Waals surface area contributed by atoms with E-state index in [0.717, 1.165) is 23.5 Å². The van der Waals surface area contributed by atoms with Crippen LogP contribution in [0.3, 0.4) is 0 Å². The van der Waals surface area contributed by atoms with E-state index in [0.29, 0.717) is 16.9 Å². The number of thiazole rings is 1. The number of hydrogen-bond acceptors (Lipinski definition) is 6. The highest BCUT2D eigenvalue weighted by molar-refractivity contribution is 7.22. The number of hydrogen-bond donors (Lipinski definition) is 1. The van der Waals surface area contributed by atoms with Crippen molar-refractivity contribution >= 4 is 48.9 Å². The minimum absolute atomic E-state index is 0.108. The van der Waals surface area contributed by atoms with Crippen LogP contribution in [0.15, 0.2) is 30.3 Å². The fourth-order valence-electron chi connectivity index (χ4n) is 1.86. The quantitative estimate of drug-likeness (QED) is 0.540. The molecule has 1 amide bonds. The second-order valence-electron chi connectivity index (χ2n) is 4.55. The molecule has 0 atom stereocenters. The minimum Gasteiger partial charge on any atom is -0.297 e. The number of halogens is 3. The number of carbonyl (C=O) groups is 1. The van der Waals surface area contributed by atoms with E-state index in [9.17, 15) is 28.1 Å². The Hall–Kier alpha value is -2.53. The second kappa shape index (κ2) is 5.83. The highest BCUT2D eigenvalue weighted by Crippen LogP contribution is 2.34. The summed E-state index contributed by atoms with van der Waals surface area (Å²) in [5.41, 5.74) is -0.481. The molecule has 11 heteroatoms. The SMILES string of the molecule is O=C(Nc1nc2ccc(C(F)(F)F)cc2s1)c1ccc([N+](=O)[O-])s1. The lowest BCUT2D eigenvalue weighted by Gasteiger charge is -2.04. The highest BCUT2D eigenvalue weighted by atomic mass is 32.1. The van der Waals surface area contributed by atoms with Crippen LogP contribution in [-0.2, 0) is 6.18 Å². The van der Waals surface area contributed by atoms with E-state index in [1.165, 1.54) is 18.2 Å². The van der Waals surface area contributed by atoms with Gasteiger partial charge in [0, 0.05) is 6.07 Å². The van der Waals surface area contributed by atoms with Crippen molar-refractivity contribution in [3.63, 3.8) is 0 Å². The monoisotopic (exact) mass is 373 g/mol. The Kier molecular flexibility index (Phi) is 3.97. The molecule has 0 saturated heterocycles. The fourth-order valence-corrected chi connectivity index (χ4v) is 3.48. The molecule has 2 aromatic heterocycles. The molecule has 0 aliphatic rings. The van der Waals surface area contributed by atoms with Crippen LogP contribution in [0.25, 0.3) is 10.2 Å². The number of rotatable bonds is 3. The molecule has 24 heavy (non-hydrogen) atoms. The Labute approximate surface area is 139 Å². The van der Waals surface area contributed by atoms with Crippen molar-refractivity contribution < 1.29 is 22.9 Å². The summed E-state index contributed by atoms with van der Waals surface area (Å²) in [6.45, 7) is 0. The van der Waals surface area contributed by atoms with Crippen molar-refractivity contribution in [2.75, 3.05) is 5.32 Å². The fraction of sp³-hybridized carbons (Fsp3) is 0.0769. The molecular formula is C13H6F3N3O3S2. The average molecular weight is 373 g/mol. The Morgan fingerprint density at radius 1 is 1.21 bits per heavy atom. The van der Waals surface area contributed by atoms with Crippen molar-refractivity contribution in [3.05, 3.63) is 50.9 Å². The van der Waals surface area contributed by atoms with Crippen molar-refractivity contribution in [2.45, 2.75) is 6.18 Å². The first-order valence-electron chi connectivity index (χ1n) is 6.27. The van der Waals surface area contributed by atoms with Gasteiger partial charge in [0.05, 0.1) is 25.6 Å². The van der Waals surface area contributed by atoms with Crippen molar-refractivity contribution in [2.24, 2.45) is 0 Å². The standard InChI is InChI=1S/C13H6F3N3O3S2/c14-13(15,16)6-1-2-7-9(5-6)24-12(17-7)18-11(20)8-3-4-10(23-8)19(21)22/h1-5H,(H,17,18,20). The predicted molar refractivity (Wildman–Crippen MR) is 83.5 cm³/mol. The number of fused-ring (bicyclic) bond motifs is 1. The lowest BCUT2D eigenvalue weighted by molar-refractivity contribution is -0.380. The van der Waals surface area contributed by atoms with Crippen LogP contribution in [-0.4, -0.2) is 15.8 Å². The Morgan fingerprint density at radius 3 is 2.58 bits per heavy atom. The summed E-state index contributed by atoms with van der Waals surface area (Å²) < 4.78 is 38.3. The number of benzene rings is 1. The van der Waals surface area contributed by atoms with Crippen molar-refractivity contribution in [1.82, 2.24) is 4.98 Å². The third-order valence-electron chi connectivity index (χ3n) is 2.93. The van der Waals surface area contributed by atoms with Gasteiger partial charge in [-0.25, -0.2) is 4.98 Å². The van der Waals surface area contributed by atoms with Gasteiger partial charge in [-0.2, -0.15) is 13.2 Å². The van der Waals surface area contributed by atoms with Gasteiger partial charge in [0.25, 0.3) is 5.91 Å². The molecule has 0 aliphatic heterocycles. The van der Waals surface area contributed by atoms with Crippen LogP contribution in [0.1, 0.15) is 15.2 Å². The molecule has 0 aliphatic carbocycles. The number of alkyl halides is 3. The Bertz CT molecular complexity index is 949. The Morgan fingerprint density at radius 2 is 1.96 bits per heavy atom. The van der Waals surface area contributed by atoms with Gasteiger partial charge in [-0.1, -0.05) is 22.7 Å². The highest BCUT2D eigenvalue weighted by Gasteiger charge is 2.30. The molecule has 1 N–H and O–H groups in total. The van der Waals surface area contributed by atoms with Crippen LogP contribution >= 0.6 is 22.7 Å². The number of nitrogens with one attached hydrogen (secondary N) is 1. The van der Waals surface area contributed by atoms with Gasteiger partial charge in [-0.05, 0) is 24.3 Å². The molecule has 0 radical (unpaired) electrons. The summed E-state index contributed by atoms with van der Waals surface area (Å²) in [5.74, 6) is -0.608. The van der Waals surface area contributed by atoms with Gasteiger partial charge in [-0.3, -0.25) is 20.2 Å². The first kappa shape index (κ1) is 16.3. The van der Waals surface area contributed by atoms with Crippen LogP contribution in [0, 0.1) is 10.1 Å². The molecule has 0 saturated carbocycles. The van der Waals surface area contributed by atoms with Gasteiger partial charge in [0.15, 0.2) is 5.13 Å². The van der Waals surface area contributed by atoms with E-state index in [4.69, 9.17) is 0 Å². The maximum absolute atomic E-state index is 12.7. The number of nitrogens with zero attached hydrogens (tertiary/aromatic N) is 2. The summed E-state index contributed by atoms with van der Waals surface area (Å²) in [7, 11) is 0. The number of aromatic nitrogens is 1. The van der Waals surface area contributed by atoms with Gasteiger partial charge in [0.2, 0.25) is 0 Å². The van der Waals surface area contributed by atoms with E-state index in [-0.39, 0.29) is 19.7 Å². The zero-order valence-electron chi connectivity index (χ0n) is 11.5. The van der Waals surface area contributed by atoms with Gasteiger partial charge in [-0.15, -0.1) is 0 Å². The van der Waals surface area contributed by atoms with Gasteiger partial charge >= 0.3 is 11.2 Å². The molecule has 0 fully saturated rings. The minimum atomic E-state index is -4.46. The lowest BCUT2D eigenvalue weighted by Crippen LogP contribution is -2.09. The van der Waals surface area contributed by atoms with Crippen molar-refractivity contribution in [1.29, 1.82) is 0 Å². The maximum Gasteiger partial charge on any atom is 0.416 e. The number of nitro groups is 1. The van der Waals surface area contributed by atoms with Gasteiger partial charge in [0.1, 0.15) is 0 Å². The van der Waals surface area contributed by atoms with E-state index in [2.05, 4.69) is 10.3 Å². The van der Waals surface area contributed by atoms with Crippen LogP contribution < -0.4 is 5.32 Å². The first-order valence-corrected chi connectivity index (χ1v) is 7.91. The summed E-state index contributed by atoms with van der Waals surface area (Å²) in [5, 5.41) is 13.0. The summed E-state index contributed by atoms with van der Waals surface area (Å²) in [6, 6.07) is 5.59. The smallest absolute Gasteiger partial charge is 0.297 e. The second-order valence-corrected chi connectivity index (χ2v) is 6.64. The molecule has 0 unspecified atom stereocenters. The van der Waals surface area contributed by atoms with E-state index in [1.807, 2.05) is 0 Å². The first-order chi connectivity index (χ1) is 11.2. The largest absolute Gasteiger partial charge is 0.416 e. The maximum atomic E-state index is 12.7. The molecule has 124 valence electrons. The average Bonchev–Trinajstić information content (AvgIpc) is 3.11.